The highest BCUT2D eigenvalue weighted by molar-refractivity contribution is 8.14. The normalized spacial score (nSPS) is 22.8. The summed E-state index contributed by atoms with van der Waals surface area (Å²) in [4.78, 5) is 206. The molecule has 1 saturated heterocycles. The van der Waals surface area contributed by atoms with E-state index < -0.39 is 187 Å². The molecule has 33 nitrogen and oxygen atoms in total. The van der Waals surface area contributed by atoms with Gasteiger partial charge in [-0.2, -0.15) is 0 Å². The highest BCUT2D eigenvalue weighted by Gasteiger charge is 2.39. The zero-order valence-corrected chi connectivity index (χ0v) is 58.6. The van der Waals surface area contributed by atoms with Crippen LogP contribution in [-0.2, 0) is 80.0 Å². The number of benzene rings is 1. The molecule has 0 unspecified atom stereocenters. The fourth-order valence-corrected chi connectivity index (χ4v) is 11.9. The molecule has 14 atom stereocenters. The van der Waals surface area contributed by atoms with Crippen molar-refractivity contribution < 1.29 is 77.3 Å². The number of nitrogens with one attached hydrogen (secondary N) is 12. The van der Waals surface area contributed by atoms with Gasteiger partial charge in [0, 0.05) is 43.5 Å². The Morgan fingerprint density at radius 2 is 1.29 bits per heavy atom. The Morgan fingerprint density at radius 1 is 0.690 bits per heavy atom. The van der Waals surface area contributed by atoms with E-state index in [0.29, 0.717) is 10.6 Å². The largest absolute Gasteiger partial charge is 0.481 e. The summed E-state index contributed by atoms with van der Waals surface area (Å²) in [5.41, 5.74) is 18.8. The van der Waals surface area contributed by atoms with Crippen LogP contribution in [0.1, 0.15) is 143 Å². The van der Waals surface area contributed by atoms with Crippen LogP contribution in [0.4, 0.5) is 0 Å². The Kier molecular flexibility index (Phi) is 34.9. The molecule has 2 aromatic rings. The summed E-state index contributed by atoms with van der Waals surface area (Å²) in [6.45, 7) is 16.3. The maximum absolute atomic E-state index is 14.9. The maximum Gasteiger partial charge on any atom is 0.305 e. The van der Waals surface area contributed by atoms with Crippen molar-refractivity contribution in [3.05, 3.63) is 66.3 Å². The monoisotopic (exact) mass is 1420 g/mol. The molecular formula is C66H101N17O16S. The first-order valence-electron chi connectivity index (χ1n) is 33.8. The number of nitrogens with two attached hydrogens (primary N) is 3. The number of carboxylic acids is 2. The van der Waals surface area contributed by atoms with Gasteiger partial charge < -0.3 is 90.9 Å². The van der Waals surface area contributed by atoms with Gasteiger partial charge in [-0.05, 0) is 86.8 Å². The predicted octanol–water partition coefficient (Wildman–Crippen LogP) is -1.76. The lowest BCUT2D eigenvalue weighted by Crippen LogP contribution is -2.61. The third-order valence-corrected chi connectivity index (χ3v) is 18.3. The summed E-state index contributed by atoms with van der Waals surface area (Å²) in [5, 5.41) is 48.8. The number of hydrogen-bond donors (Lipinski definition) is 17. The topological polar surface area (TPSA) is 531 Å². The average Bonchev–Trinajstić information content (AvgIpc) is 1.24. The number of amides is 12. The molecule has 34 heteroatoms. The lowest BCUT2D eigenvalue weighted by Gasteiger charge is -2.30. The Bertz CT molecular complexity index is 3210. The van der Waals surface area contributed by atoms with Crippen LogP contribution in [0.25, 0.3) is 0 Å². The van der Waals surface area contributed by atoms with E-state index >= 15 is 0 Å². The summed E-state index contributed by atoms with van der Waals surface area (Å²) in [5.74, 6) is -15.0. The van der Waals surface area contributed by atoms with Crippen LogP contribution in [0.15, 0.2) is 60.0 Å². The number of thioether (sulfide) groups is 1. The third kappa shape index (κ3) is 27.4. The van der Waals surface area contributed by atoms with E-state index in [9.17, 15) is 77.3 Å². The predicted molar refractivity (Wildman–Crippen MR) is 369 cm³/mol. The minimum atomic E-state index is -1.95. The van der Waals surface area contributed by atoms with E-state index in [1.807, 2.05) is 13.8 Å². The Balaban J connectivity index is 1.77. The first-order valence-corrected chi connectivity index (χ1v) is 34.8. The number of imidazole rings is 1. The molecule has 12 amide bonds. The smallest absolute Gasteiger partial charge is 0.305 e. The van der Waals surface area contributed by atoms with Crippen molar-refractivity contribution in [2.45, 2.75) is 217 Å². The fraction of sp³-hybridized carbons (Fsp3) is 0.606. The molecule has 0 saturated carbocycles. The van der Waals surface area contributed by atoms with Crippen molar-refractivity contribution in [2.75, 3.05) is 18.8 Å². The SMILES string of the molecule is C=C(CC)[C@@H]1NC(=O)[C@@H](CCCN)NC(=O)[C@@H](NC(=O)[C@@H](NC(=O)[C@@H](CCC(=O)O)NC(=O)[C@H](CC(C)C)NC(=O)[C@@H]2CSC([C@@H](N)[C@@H](C)CC)=N2)[C@@H](C)CC)CCCCNC(=O)[C@H](CC(N)=O)NC(=O)[C@@H](CC(=O)O)NC(=O)[C@H](Cc2cnc[nH]2)NC(=O)[C@@H](Cc2ccccc2)NC1=O. The van der Waals surface area contributed by atoms with Gasteiger partial charge in [0.15, 0.2) is 0 Å². The number of aliphatic imine (C=N–C) groups is 1. The Labute approximate surface area is 585 Å². The molecule has 0 bridgehead atoms. The lowest BCUT2D eigenvalue weighted by atomic mass is 9.96. The zero-order chi connectivity index (χ0) is 74.3. The number of primary amides is 1. The van der Waals surface area contributed by atoms with Gasteiger partial charge in [-0.1, -0.05) is 98.2 Å². The molecule has 0 radical (unpaired) electrons. The Morgan fingerprint density at radius 3 is 1.88 bits per heavy atom. The van der Waals surface area contributed by atoms with Crippen molar-refractivity contribution in [1.29, 1.82) is 0 Å². The van der Waals surface area contributed by atoms with E-state index in [-0.39, 0.29) is 106 Å². The molecule has 1 aromatic heterocycles. The number of H-pyrrole nitrogens is 1. The summed E-state index contributed by atoms with van der Waals surface area (Å²) >= 11 is 1.34. The number of hydrogen-bond acceptors (Lipinski definition) is 19. The van der Waals surface area contributed by atoms with Gasteiger partial charge in [-0.15, -0.1) is 11.8 Å². The number of aromatic nitrogens is 2. The molecule has 2 aliphatic heterocycles. The molecule has 1 fully saturated rings. The number of aliphatic carboxylic acids is 2. The zero-order valence-electron chi connectivity index (χ0n) is 57.8. The lowest BCUT2D eigenvalue weighted by molar-refractivity contribution is -0.142. The molecule has 100 heavy (non-hydrogen) atoms. The molecule has 4 rings (SSSR count). The first kappa shape index (κ1) is 83.1. The van der Waals surface area contributed by atoms with E-state index in [2.05, 4.69) is 80.0 Å². The standard InChI is InChI=1S/C66H101N17O16S/c1-9-35(6)52(69)66-81-48(32-100-66)63(97)76-43(26-34(4)5)59(93)74-42(22-23-50(85)86)58(92)83-53(36(7)10-2)64(98)75-40-20-15-16-25-71-55(89)46(29-49(68)84)78-62(96)47(30-51(87)88)79-61(95)45(28-39-31-70-33-72-39)77-60(94)44(27-38-18-13-12-14-19-38)80-65(99)54(37(8)11-3)82-57(91)41(21-17-24-67)73-56(40)90/h12-14,18-19,31,33-36,40-48,52-54H,8-11,15-17,20-30,32,67,69H2,1-7H3,(H2,68,84)(H,70,72)(H,71,89)(H,73,90)(H,74,93)(H,75,98)(H,76,97)(H,77,94)(H,78,96)(H,79,95)(H,80,99)(H,82,91)(H,83,92)(H,85,86)(H,87,88)/t35-,36-,40-,41+,42+,43-,44+,45-,46-,47+,48-,52-,53-,54-/m0/s1. The van der Waals surface area contributed by atoms with Crippen molar-refractivity contribution >= 4 is 99.6 Å². The van der Waals surface area contributed by atoms with E-state index in [4.69, 9.17) is 17.2 Å². The molecular weight excluding hydrogens is 1320 g/mol. The minimum Gasteiger partial charge on any atom is -0.481 e. The number of carbonyl (C=O) groups is 14. The molecule has 20 N–H and O–H groups in total. The van der Waals surface area contributed by atoms with Gasteiger partial charge in [0.2, 0.25) is 70.9 Å². The third-order valence-electron chi connectivity index (χ3n) is 17.1. The average molecular weight is 1420 g/mol. The molecule has 552 valence electrons. The van der Waals surface area contributed by atoms with Gasteiger partial charge in [-0.3, -0.25) is 72.1 Å². The van der Waals surface area contributed by atoms with Gasteiger partial charge in [0.25, 0.3) is 0 Å². The van der Waals surface area contributed by atoms with Crippen molar-refractivity contribution in [2.24, 2.45) is 39.9 Å². The van der Waals surface area contributed by atoms with E-state index in [0.717, 1.165) is 6.42 Å². The summed E-state index contributed by atoms with van der Waals surface area (Å²) in [6.07, 6.45) is -0.0121. The number of carboxylic acid groups (broad SMARTS) is 2. The van der Waals surface area contributed by atoms with Crippen molar-refractivity contribution in [1.82, 2.24) is 68.5 Å². The van der Waals surface area contributed by atoms with Crippen LogP contribution in [0.5, 0.6) is 0 Å². The second-order valence-corrected chi connectivity index (χ2v) is 26.6. The summed E-state index contributed by atoms with van der Waals surface area (Å²) < 4.78 is 0. The highest BCUT2D eigenvalue weighted by atomic mass is 32.2. The summed E-state index contributed by atoms with van der Waals surface area (Å²) in [7, 11) is 0. The second kappa shape index (κ2) is 41.9. The van der Waals surface area contributed by atoms with E-state index in [1.54, 1.807) is 65.0 Å². The molecule has 0 aliphatic carbocycles. The molecule has 3 heterocycles. The Hall–Kier alpha value is -9.31. The fourth-order valence-electron chi connectivity index (χ4n) is 10.7. The van der Waals surface area contributed by atoms with Crippen LogP contribution in [0.2, 0.25) is 0 Å². The van der Waals surface area contributed by atoms with Crippen molar-refractivity contribution in [3.8, 4) is 0 Å². The van der Waals surface area contributed by atoms with Crippen LogP contribution in [0, 0.1) is 17.8 Å². The van der Waals surface area contributed by atoms with Crippen LogP contribution in [0.3, 0.4) is 0 Å². The van der Waals surface area contributed by atoms with Crippen molar-refractivity contribution in [3.63, 3.8) is 0 Å². The maximum atomic E-state index is 14.9. The number of rotatable bonds is 31. The van der Waals surface area contributed by atoms with Gasteiger partial charge in [0.1, 0.15) is 66.5 Å². The van der Waals surface area contributed by atoms with Gasteiger partial charge in [-0.25, -0.2) is 4.98 Å². The first-order chi connectivity index (χ1) is 47.4. The summed E-state index contributed by atoms with van der Waals surface area (Å²) in [6, 6.07) is -8.77. The number of nitrogens with zero attached hydrogens (tertiary/aromatic N) is 2. The number of carbonyl (C=O) groups excluding carboxylic acids is 12. The second-order valence-electron chi connectivity index (χ2n) is 25.5. The number of aromatic amines is 1. The quantitative estimate of drug-likeness (QED) is 0.0372. The van der Waals surface area contributed by atoms with Gasteiger partial charge in [0.05, 0.1) is 30.3 Å². The molecule has 1 aromatic carbocycles. The molecule has 2 aliphatic rings. The van der Waals surface area contributed by atoms with Crippen LogP contribution < -0.4 is 75.7 Å². The minimum absolute atomic E-state index is 0.0104. The van der Waals surface area contributed by atoms with Gasteiger partial charge >= 0.3 is 11.9 Å². The highest BCUT2D eigenvalue weighted by Crippen LogP contribution is 2.25. The van der Waals surface area contributed by atoms with Crippen LogP contribution in [-0.4, -0.2) is 199 Å². The van der Waals surface area contributed by atoms with Crippen LogP contribution >= 0.6 is 11.8 Å². The molecule has 0 spiro atoms. The van der Waals surface area contributed by atoms with E-state index in [1.165, 1.54) is 24.3 Å².